The standard InChI is InChI=1S/C16H26N4O2S/c1-12-17-13(11-23-12)8-20-7-4-14(15(21)9-20)18-16(22)10-19-5-2-3-6-19/h11,14-15,21H,2-10H2,1H3,(H,18,22). The highest BCUT2D eigenvalue weighted by Gasteiger charge is 2.29. The van der Waals surface area contributed by atoms with Crippen LogP contribution in [0.2, 0.25) is 0 Å². The average molecular weight is 338 g/mol. The minimum atomic E-state index is -0.508. The van der Waals surface area contributed by atoms with Gasteiger partial charge in [-0.1, -0.05) is 0 Å². The molecule has 1 aromatic heterocycles. The minimum absolute atomic E-state index is 0.0412. The number of aryl methyl sites for hydroxylation is 1. The van der Waals surface area contributed by atoms with E-state index < -0.39 is 6.10 Å². The number of aliphatic hydroxyl groups is 1. The SMILES string of the molecule is Cc1nc(CN2CCC(NC(=O)CN3CCCC3)C(O)C2)cs1. The number of carbonyl (C=O) groups is 1. The van der Waals surface area contributed by atoms with Crippen molar-refractivity contribution in [3.8, 4) is 0 Å². The number of aromatic nitrogens is 1. The van der Waals surface area contributed by atoms with Gasteiger partial charge in [-0.25, -0.2) is 4.98 Å². The molecule has 2 atom stereocenters. The molecule has 2 aliphatic rings. The third-order valence-electron chi connectivity index (χ3n) is 4.63. The Morgan fingerprint density at radius 3 is 2.83 bits per heavy atom. The fourth-order valence-electron chi connectivity index (χ4n) is 3.42. The van der Waals surface area contributed by atoms with Crippen molar-refractivity contribution in [2.45, 2.75) is 44.9 Å². The summed E-state index contributed by atoms with van der Waals surface area (Å²) in [7, 11) is 0. The second kappa shape index (κ2) is 7.70. The Balaban J connectivity index is 1.43. The Bertz CT molecular complexity index is 530. The maximum atomic E-state index is 12.1. The maximum absolute atomic E-state index is 12.1. The van der Waals surface area contributed by atoms with Gasteiger partial charge in [0.2, 0.25) is 5.91 Å². The van der Waals surface area contributed by atoms with Gasteiger partial charge in [0, 0.05) is 25.0 Å². The number of likely N-dealkylation sites (tertiary alicyclic amines) is 2. The zero-order valence-corrected chi connectivity index (χ0v) is 14.5. The molecule has 23 heavy (non-hydrogen) atoms. The second-order valence-corrected chi connectivity index (χ2v) is 7.67. The fourth-order valence-corrected chi connectivity index (χ4v) is 4.02. The number of thiazole rings is 1. The number of carbonyl (C=O) groups excluding carboxylic acids is 1. The van der Waals surface area contributed by atoms with Gasteiger partial charge < -0.3 is 10.4 Å². The smallest absolute Gasteiger partial charge is 0.234 e. The number of hydrogen-bond donors (Lipinski definition) is 2. The van der Waals surface area contributed by atoms with Gasteiger partial charge in [-0.3, -0.25) is 14.6 Å². The van der Waals surface area contributed by atoms with Crippen LogP contribution in [0.3, 0.4) is 0 Å². The zero-order chi connectivity index (χ0) is 16.2. The second-order valence-electron chi connectivity index (χ2n) is 6.61. The van der Waals surface area contributed by atoms with E-state index in [1.54, 1.807) is 11.3 Å². The largest absolute Gasteiger partial charge is 0.390 e. The van der Waals surface area contributed by atoms with Gasteiger partial charge in [-0.05, 0) is 39.3 Å². The third kappa shape index (κ3) is 4.73. The Morgan fingerprint density at radius 1 is 1.39 bits per heavy atom. The van der Waals surface area contributed by atoms with Crippen LogP contribution in [0.1, 0.15) is 30.0 Å². The first-order valence-electron chi connectivity index (χ1n) is 8.43. The predicted octanol–water partition coefficient (Wildman–Crippen LogP) is 0.599. The molecular weight excluding hydrogens is 312 g/mol. The van der Waals surface area contributed by atoms with E-state index in [9.17, 15) is 9.90 Å². The van der Waals surface area contributed by atoms with Crippen LogP contribution in [0.15, 0.2) is 5.38 Å². The summed E-state index contributed by atoms with van der Waals surface area (Å²) in [4.78, 5) is 21.0. The first kappa shape index (κ1) is 16.8. The van der Waals surface area contributed by atoms with Crippen molar-refractivity contribution in [2.24, 2.45) is 0 Å². The van der Waals surface area contributed by atoms with Gasteiger partial charge in [0.25, 0.3) is 0 Å². The van der Waals surface area contributed by atoms with Crippen molar-refractivity contribution in [2.75, 3.05) is 32.7 Å². The number of nitrogens with zero attached hydrogens (tertiary/aromatic N) is 3. The van der Waals surface area contributed by atoms with Crippen LogP contribution in [0.4, 0.5) is 0 Å². The molecule has 2 aliphatic heterocycles. The molecule has 3 rings (SSSR count). The lowest BCUT2D eigenvalue weighted by atomic mass is 10.0. The van der Waals surface area contributed by atoms with Gasteiger partial charge >= 0.3 is 0 Å². The molecule has 0 radical (unpaired) electrons. The number of β-amino-alcohol motifs (C(OH)–C–C–N with tert-alkyl or cyclic N) is 1. The van der Waals surface area contributed by atoms with Crippen molar-refractivity contribution >= 4 is 17.2 Å². The van der Waals surface area contributed by atoms with Gasteiger partial charge in [-0.2, -0.15) is 0 Å². The molecule has 2 saturated heterocycles. The van der Waals surface area contributed by atoms with Crippen molar-refractivity contribution in [1.82, 2.24) is 20.1 Å². The van der Waals surface area contributed by atoms with E-state index in [0.717, 1.165) is 43.3 Å². The molecule has 128 valence electrons. The van der Waals surface area contributed by atoms with E-state index in [4.69, 9.17) is 0 Å². The molecule has 1 amide bonds. The number of hydrogen-bond acceptors (Lipinski definition) is 6. The summed E-state index contributed by atoms with van der Waals surface area (Å²) in [5.41, 5.74) is 1.07. The molecule has 0 saturated carbocycles. The molecule has 0 aromatic carbocycles. The van der Waals surface area contributed by atoms with Crippen LogP contribution in [0, 0.1) is 6.92 Å². The van der Waals surface area contributed by atoms with E-state index >= 15 is 0 Å². The first-order chi connectivity index (χ1) is 11.1. The molecule has 0 bridgehead atoms. The molecule has 0 aliphatic carbocycles. The maximum Gasteiger partial charge on any atom is 0.234 e. The number of amides is 1. The fraction of sp³-hybridized carbons (Fsp3) is 0.750. The molecule has 0 spiro atoms. The highest BCUT2D eigenvalue weighted by atomic mass is 32.1. The Hall–Kier alpha value is -1.02. The Morgan fingerprint density at radius 2 is 2.17 bits per heavy atom. The lowest BCUT2D eigenvalue weighted by molar-refractivity contribution is -0.124. The Labute approximate surface area is 141 Å². The molecule has 1 aromatic rings. The lowest BCUT2D eigenvalue weighted by Crippen LogP contribution is -2.55. The number of piperidine rings is 1. The van der Waals surface area contributed by atoms with E-state index in [-0.39, 0.29) is 11.9 Å². The van der Waals surface area contributed by atoms with E-state index in [1.165, 1.54) is 12.8 Å². The quantitative estimate of drug-likeness (QED) is 0.823. The van der Waals surface area contributed by atoms with Gasteiger partial charge in [0.1, 0.15) is 0 Å². The highest BCUT2D eigenvalue weighted by molar-refractivity contribution is 7.09. The summed E-state index contributed by atoms with van der Waals surface area (Å²) in [5.74, 6) is 0.0412. The van der Waals surface area contributed by atoms with Crippen molar-refractivity contribution in [3.05, 3.63) is 16.1 Å². The molecule has 3 heterocycles. The van der Waals surface area contributed by atoms with Gasteiger partial charge in [-0.15, -0.1) is 11.3 Å². The molecule has 2 fully saturated rings. The number of nitrogens with one attached hydrogen (secondary N) is 1. The average Bonchev–Trinajstić information content (AvgIpc) is 3.14. The Kier molecular flexibility index (Phi) is 5.63. The lowest BCUT2D eigenvalue weighted by Gasteiger charge is -2.36. The summed E-state index contributed by atoms with van der Waals surface area (Å²) in [6.45, 7) is 6.74. The molecular formula is C16H26N4O2S. The summed E-state index contributed by atoms with van der Waals surface area (Å²) < 4.78 is 0. The predicted molar refractivity (Wildman–Crippen MR) is 90.4 cm³/mol. The van der Waals surface area contributed by atoms with E-state index in [0.29, 0.717) is 13.1 Å². The van der Waals surface area contributed by atoms with Crippen LogP contribution in [0.25, 0.3) is 0 Å². The minimum Gasteiger partial charge on any atom is -0.390 e. The van der Waals surface area contributed by atoms with E-state index in [1.807, 2.05) is 6.92 Å². The van der Waals surface area contributed by atoms with Crippen LogP contribution in [0.5, 0.6) is 0 Å². The molecule has 7 heteroatoms. The third-order valence-corrected chi connectivity index (χ3v) is 5.45. The summed E-state index contributed by atoms with van der Waals surface area (Å²) >= 11 is 1.66. The summed E-state index contributed by atoms with van der Waals surface area (Å²) in [6.07, 6.45) is 2.65. The monoisotopic (exact) mass is 338 g/mol. The zero-order valence-electron chi connectivity index (χ0n) is 13.7. The van der Waals surface area contributed by atoms with E-state index in [2.05, 4.69) is 25.5 Å². The van der Waals surface area contributed by atoms with Crippen LogP contribution < -0.4 is 5.32 Å². The molecule has 6 nitrogen and oxygen atoms in total. The summed E-state index contributed by atoms with van der Waals surface area (Å²) in [6, 6.07) is -0.126. The number of rotatable bonds is 5. The summed E-state index contributed by atoms with van der Waals surface area (Å²) in [5, 5.41) is 16.5. The van der Waals surface area contributed by atoms with Crippen molar-refractivity contribution in [3.63, 3.8) is 0 Å². The number of aliphatic hydroxyl groups excluding tert-OH is 1. The van der Waals surface area contributed by atoms with Crippen molar-refractivity contribution in [1.29, 1.82) is 0 Å². The molecule has 2 N–H and O–H groups in total. The first-order valence-corrected chi connectivity index (χ1v) is 9.31. The van der Waals surface area contributed by atoms with Crippen LogP contribution >= 0.6 is 11.3 Å². The normalized spacial score (nSPS) is 26.5. The highest BCUT2D eigenvalue weighted by Crippen LogP contribution is 2.16. The van der Waals surface area contributed by atoms with Crippen molar-refractivity contribution < 1.29 is 9.90 Å². The van der Waals surface area contributed by atoms with Gasteiger partial charge in [0.15, 0.2) is 0 Å². The van der Waals surface area contributed by atoms with Gasteiger partial charge in [0.05, 0.1) is 29.4 Å². The van der Waals surface area contributed by atoms with Crippen LogP contribution in [-0.4, -0.2) is 70.7 Å². The van der Waals surface area contributed by atoms with Crippen LogP contribution in [-0.2, 0) is 11.3 Å². The molecule has 2 unspecified atom stereocenters. The topological polar surface area (TPSA) is 68.7 Å².